The monoisotopic (exact) mass is 473 g/mol. The highest BCUT2D eigenvalue weighted by atomic mass is 16.7. The van der Waals surface area contributed by atoms with E-state index in [0.29, 0.717) is 11.3 Å². The van der Waals surface area contributed by atoms with Crippen LogP contribution in [0.2, 0.25) is 0 Å². The van der Waals surface area contributed by atoms with E-state index in [1.165, 1.54) is 41.5 Å². The van der Waals surface area contributed by atoms with Crippen LogP contribution in [-0.2, 0) is 14.4 Å². The van der Waals surface area contributed by atoms with Crippen LogP contribution in [0.25, 0.3) is 0 Å². The molecule has 2 saturated heterocycles. The van der Waals surface area contributed by atoms with Gasteiger partial charge in [0.25, 0.3) is 11.6 Å². The lowest BCUT2D eigenvalue weighted by molar-refractivity contribution is -0.384. The Morgan fingerprint density at radius 1 is 0.914 bits per heavy atom. The number of nitrogens with zero attached hydrogens (tertiary/aromatic N) is 3. The summed E-state index contributed by atoms with van der Waals surface area (Å²) in [5, 5.41) is 21.8. The maximum Gasteiger partial charge on any atom is 0.335 e. The fraction of sp³-hybridized carbons (Fsp3) is 0.160. The van der Waals surface area contributed by atoms with E-state index >= 15 is 0 Å². The van der Waals surface area contributed by atoms with Gasteiger partial charge in [-0.25, -0.2) is 14.8 Å². The van der Waals surface area contributed by atoms with Crippen LogP contribution in [0.15, 0.2) is 72.8 Å². The zero-order valence-corrected chi connectivity index (χ0v) is 18.4. The Morgan fingerprint density at radius 3 is 2.09 bits per heavy atom. The van der Waals surface area contributed by atoms with Crippen LogP contribution >= 0.6 is 0 Å². The zero-order valence-electron chi connectivity index (χ0n) is 18.4. The van der Waals surface area contributed by atoms with Crippen LogP contribution in [-0.4, -0.2) is 33.9 Å². The molecular formula is C25H19N3O7. The molecule has 0 spiro atoms. The first-order chi connectivity index (χ1) is 16.8. The highest BCUT2D eigenvalue weighted by molar-refractivity contribution is 6.24. The Balaban J connectivity index is 1.55. The van der Waals surface area contributed by atoms with Gasteiger partial charge < -0.3 is 5.11 Å². The molecule has 10 heteroatoms. The SMILES string of the molecule is Cc1ccc(N2O[C@H]3C(=O)N(c4ccc(C(=O)O)cc4)C(=O)[C@H]3[C@@H]2c2ccc([N+](=O)[O-])cc2)cc1. The highest BCUT2D eigenvalue weighted by Crippen LogP contribution is 2.47. The van der Waals surface area contributed by atoms with Crippen molar-refractivity contribution in [3.8, 4) is 0 Å². The normalized spacial score (nSPS) is 21.3. The number of hydrogen-bond donors (Lipinski definition) is 1. The van der Waals surface area contributed by atoms with Crippen LogP contribution in [0.5, 0.6) is 0 Å². The lowest BCUT2D eigenvalue weighted by Crippen LogP contribution is -2.37. The number of anilines is 2. The summed E-state index contributed by atoms with van der Waals surface area (Å²) in [6.07, 6.45) is -1.11. The van der Waals surface area contributed by atoms with Gasteiger partial charge >= 0.3 is 5.97 Å². The molecule has 5 rings (SSSR count). The molecule has 2 aliphatic rings. The third-order valence-corrected chi connectivity index (χ3v) is 6.22. The fourth-order valence-corrected chi connectivity index (χ4v) is 4.47. The van der Waals surface area contributed by atoms with Crippen molar-refractivity contribution in [1.82, 2.24) is 0 Å². The summed E-state index contributed by atoms with van der Waals surface area (Å²) in [6, 6.07) is 17.9. The van der Waals surface area contributed by atoms with Gasteiger partial charge in [0.2, 0.25) is 5.91 Å². The number of carbonyl (C=O) groups is 3. The number of carboxylic acid groups (broad SMARTS) is 1. The van der Waals surface area contributed by atoms with Gasteiger partial charge in [-0.1, -0.05) is 29.8 Å². The minimum Gasteiger partial charge on any atom is -0.478 e. The number of nitro groups is 1. The number of imide groups is 1. The molecule has 176 valence electrons. The van der Waals surface area contributed by atoms with Crippen LogP contribution < -0.4 is 9.96 Å². The number of fused-ring (bicyclic) bond motifs is 1. The summed E-state index contributed by atoms with van der Waals surface area (Å²) in [5.74, 6) is -3.10. The van der Waals surface area contributed by atoms with Gasteiger partial charge in [-0.2, -0.15) is 0 Å². The van der Waals surface area contributed by atoms with Crippen molar-refractivity contribution in [1.29, 1.82) is 0 Å². The van der Waals surface area contributed by atoms with Crippen molar-refractivity contribution < 1.29 is 29.3 Å². The number of rotatable bonds is 5. The Kier molecular flexibility index (Phi) is 5.29. The number of carbonyl (C=O) groups excluding carboxylic acids is 2. The van der Waals surface area contributed by atoms with Crippen LogP contribution in [0, 0.1) is 23.0 Å². The van der Waals surface area contributed by atoms with Gasteiger partial charge in [0, 0.05) is 12.1 Å². The molecule has 2 aliphatic heterocycles. The summed E-state index contributed by atoms with van der Waals surface area (Å²) in [6.45, 7) is 1.93. The molecule has 3 aromatic carbocycles. The van der Waals surface area contributed by atoms with Crippen LogP contribution in [0.3, 0.4) is 0 Å². The molecule has 0 saturated carbocycles. The standard InChI is InChI=1S/C25H19N3O7/c1-14-2-8-18(9-3-14)27-21(15-4-12-19(13-5-15)28(33)34)20-22(35-27)24(30)26(23(20)29)17-10-6-16(7-11-17)25(31)32/h2-13,20-22H,1H3,(H,31,32)/t20-,21-,22+/m0/s1. The number of benzene rings is 3. The minimum atomic E-state index is -1.12. The van der Waals surface area contributed by atoms with Gasteiger partial charge in [0.15, 0.2) is 6.10 Å². The smallest absolute Gasteiger partial charge is 0.335 e. The lowest BCUT2D eigenvalue weighted by Gasteiger charge is -2.28. The Hall–Kier alpha value is -4.57. The van der Waals surface area contributed by atoms with E-state index in [4.69, 9.17) is 9.94 Å². The molecule has 1 N–H and O–H groups in total. The molecule has 10 nitrogen and oxygen atoms in total. The number of amides is 2. The zero-order chi connectivity index (χ0) is 24.9. The molecule has 0 unspecified atom stereocenters. The molecule has 0 bridgehead atoms. The molecule has 3 aromatic rings. The Morgan fingerprint density at radius 2 is 1.51 bits per heavy atom. The van der Waals surface area contributed by atoms with E-state index in [1.807, 2.05) is 31.2 Å². The summed E-state index contributed by atoms with van der Waals surface area (Å²) in [5.41, 5.74) is 2.40. The Labute approximate surface area is 199 Å². The molecule has 0 aromatic heterocycles. The van der Waals surface area contributed by atoms with Gasteiger partial charge in [0.05, 0.1) is 27.9 Å². The summed E-state index contributed by atoms with van der Waals surface area (Å²) < 4.78 is 0. The first-order valence-electron chi connectivity index (χ1n) is 10.7. The van der Waals surface area contributed by atoms with Crippen molar-refractivity contribution in [2.24, 2.45) is 5.92 Å². The first-order valence-corrected chi connectivity index (χ1v) is 10.7. The van der Waals surface area contributed by atoms with Gasteiger partial charge in [0.1, 0.15) is 5.92 Å². The second kappa shape index (κ2) is 8.33. The van der Waals surface area contributed by atoms with Crippen LogP contribution in [0.4, 0.5) is 17.1 Å². The molecule has 0 radical (unpaired) electrons. The first kappa shape index (κ1) is 22.2. The van der Waals surface area contributed by atoms with Gasteiger partial charge in [-0.3, -0.25) is 24.5 Å². The van der Waals surface area contributed by atoms with E-state index in [2.05, 4.69) is 0 Å². The predicted octanol–water partition coefficient (Wildman–Crippen LogP) is 3.65. The van der Waals surface area contributed by atoms with Gasteiger partial charge in [-0.15, -0.1) is 0 Å². The van der Waals surface area contributed by atoms with Crippen molar-refractivity contribution in [2.75, 3.05) is 9.96 Å². The summed E-state index contributed by atoms with van der Waals surface area (Å²) in [7, 11) is 0. The van der Waals surface area contributed by atoms with Crippen molar-refractivity contribution in [3.05, 3.63) is 99.6 Å². The number of nitro benzene ring substituents is 1. The molecule has 2 fully saturated rings. The molecule has 3 atom stereocenters. The maximum absolute atomic E-state index is 13.6. The number of carboxylic acids is 1. The lowest BCUT2D eigenvalue weighted by atomic mass is 9.90. The van der Waals surface area contributed by atoms with E-state index in [9.17, 15) is 24.5 Å². The topological polar surface area (TPSA) is 130 Å². The van der Waals surface area contributed by atoms with Crippen molar-refractivity contribution in [3.63, 3.8) is 0 Å². The average Bonchev–Trinajstić information content (AvgIpc) is 3.35. The quantitative estimate of drug-likeness (QED) is 0.338. The van der Waals surface area contributed by atoms with Gasteiger partial charge in [-0.05, 0) is 48.9 Å². The minimum absolute atomic E-state index is 0.0265. The number of hydrogen-bond acceptors (Lipinski definition) is 7. The molecule has 2 heterocycles. The number of aryl methyl sites for hydroxylation is 1. The van der Waals surface area contributed by atoms with Crippen molar-refractivity contribution in [2.45, 2.75) is 19.1 Å². The molecule has 2 amide bonds. The molecule has 0 aliphatic carbocycles. The second-order valence-corrected chi connectivity index (χ2v) is 8.37. The summed E-state index contributed by atoms with van der Waals surface area (Å²) >= 11 is 0. The number of non-ortho nitro benzene ring substituents is 1. The van der Waals surface area contributed by atoms with Crippen LogP contribution in [0.1, 0.15) is 27.5 Å². The maximum atomic E-state index is 13.6. The summed E-state index contributed by atoms with van der Waals surface area (Å²) in [4.78, 5) is 55.7. The van der Waals surface area contributed by atoms with E-state index < -0.39 is 40.8 Å². The third kappa shape index (κ3) is 3.69. The molecular weight excluding hydrogens is 454 g/mol. The largest absolute Gasteiger partial charge is 0.478 e. The highest BCUT2D eigenvalue weighted by Gasteiger charge is 2.60. The predicted molar refractivity (Wildman–Crippen MR) is 124 cm³/mol. The van der Waals surface area contributed by atoms with Crippen molar-refractivity contribution >= 4 is 34.8 Å². The van der Waals surface area contributed by atoms with E-state index in [0.717, 1.165) is 10.5 Å². The number of hydroxylamine groups is 1. The Bertz CT molecular complexity index is 1340. The fourth-order valence-electron chi connectivity index (χ4n) is 4.47. The van der Waals surface area contributed by atoms with E-state index in [-0.39, 0.29) is 16.9 Å². The second-order valence-electron chi connectivity index (χ2n) is 8.37. The van der Waals surface area contributed by atoms with E-state index in [1.54, 1.807) is 12.1 Å². The third-order valence-electron chi connectivity index (χ3n) is 6.22. The molecule has 35 heavy (non-hydrogen) atoms. The average molecular weight is 473 g/mol. The number of aromatic carboxylic acids is 1.